The van der Waals surface area contributed by atoms with Crippen LogP contribution in [-0.2, 0) is 4.79 Å². The highest BCUT2D eigenvalue weighted by Crippen LogP contribution is 2.31. The topological polar surface area (TPSA) is 32.3 Å². The molecule has 1 N–H and O–H groups in total. The first-order valence-electron chi connectivity index (χ1n) is 5.78. The number of carbonyl (C=O) groups excluding carboxylic acids is 1. The van der Waals surface area contributed by atoms with Crippen molar-refractivity contribution in [3.05, 3.63) is 35.6 Å². The molecule has 1 aliphatic heterocycles. The fourth-order valence-electron chi connectivity index (χ4n) is 2.17. The van der Waals surface area contributed by atoms with Gasteiger partial charge in [0.1, 0.15) is 12.0 Å². The largest absolute Gasteiger partial charge is 0.324 e. The highest BCUT2D eigenvalue weighted by Gasteiger charge is 2.45. The molecule has 17 heavy (non-hydrogen) atoms. The lowest BCUT2D eigenvalue weighted by molar-refractivity contribution is -0.131. The Bertz CT molecular complexity index is 432. The van der Waals surface area contributed by atoms with Crippen LogP contribution in [0.3, 0.4) is 0 Å². The number of likely N-dealkylation sites (N-methyl/N-ethyl adjacent to an activating group) is 1. The van der Waals surface area contributed by atoms with Crippen molar-refractivity contribution < 1.29 is 9.18 Å². The van der Waals surface area contributed by atoms with Gasteiger partial charge in [0.15, 0.2) is 0 Å². The fraction of sp³-hybridized carbons (Fsp3) is 0.462. The van der Waals surface area contributed by atoms with Crippen molar-refractivity contribution >= 4 is 5.91 Å². The van der Waals surface area contributed by atoms with Gasteiger partial charge in [-0.15, -0.1) is 0 Å². The molecule has 2 atom stereocenters. The van der Waals surface area contributed by atoms with E-state index < -0.39 is 5.54 Å². The van der Waals surface area contributed by atoms with Crippen molar-refractivity contribution in [1.29, 1.82) is 0 Å². The Morgan fingerprint density at radius 3 is 2.47 bits per heavy atom. The monoisotopic (exact) mass is 236 g/mol. The zero-order valence-electron chi connectivity index (χ0n) is 10.3. The summed E-state index contributed by atoms with van der Waals surface area (Å²) in [6.07, 6.45) is 0.557. The number of rotatable bonds is 2. The van der Waals surface area contributed by atoms with E-state index in [1.807, 2.05) is 13.8 Å². The molecule has 0 spiro atoms. The van der Waals surface area contributed by atoms with Gasteiger partial charge in [-0.2, -0.15) is 0 Å². The highest BCUT2D eigenvalue weighted by molar-refractivity contribution is 5.88. The maximum absolute atomic E-state index is 12.9. The molecular weight excluding hydrogens is 219 g/mol. The van der Waals surface area contributed by atoms with Crippen LogP contribution in [0, 0.1) is 5.82 Å². The lowest BCUT2D eigenvalue weighted by Crippen LogP contribution is -2.42. The van der Waals surface area contributed by atoms with Gasteiger partial charge in [-0.1, -0.05) is 19.1 Å². The van der Waals surface area contributed by atoms with E-state index in [1.165, 1.54) is 12.1 Å². The highest BCUT2D eigenvalue weighted by atomic mass is 19.1. The van der Waals surface area contributed by atoms with Crippen LogP contribution in [0.25, 0.3) is 0 Å². The molecule has 3 nitrogen and oxygen atoms in total. The summed E-state index contributed by atoms with van der Waals surface area (Å²) in [5.74, 6) is -0.187. The molecule has 1 aliphatic rings. The van der Waals surface area contributed by atoms with Gasteiger partial charge in [0, 0.05) is 7.05 Å². The molecule has 2 unspecified atom stereocenters. The van der Waals surface area contributed by atoms with Crippen molar-refractivity contribution in [2.24, 2.45) is 0 Å². The van der Waals surface area contributed by atoms with Crippen molar-refractivity contribution in [2.45, 2.75) is 32.0 Å². The predicted octanol–water partition coefficient (Wildman–Crippen LogP) is 2.05. The molecule has 4 heteroatoms. The molecule has 2 rings (SSSR count). The number of carbonyl (C=O) groups is 1. The number of amides is 1. The molecular formula is C13H17FN2O. The standard InChI is InChI=1S/C13H17FN2O/c1-4-13(2)12(17)16(3)11(15-13)9-5-7-10(14)8-6-9/h5-8,11,15H,4H2,1-3H3. The summed E-state index contributed by atoms with van der Waals surface area (Å²) in [5, 5.41) is 3.31. The first kappa shape index (κ1) is 12.0. The number of hydrogen-bond acceptors (Lipinski definition) is 2. The summed E-state index contributed by atoms with van der Waals surface area (Å²) in [6.45, 7) is 3.88. The van der Waals surface area contributed by atoms with Crippen LogP contribution in [0.15, 0.2) is 24.3 Å². The van der Waals surface area contributed by atoms with Crippen LogP contribution in [0.1, 0.15) is 32.0 Å². The van der Waals surface area contributed by atoms with E-state index in [-0.39, 0.29) is 17.9 Å². The van der Waals surface area contributed by atoms with E-state index in [0.717, 1.165) is 12.0 Å². The first-order valence-corrected chi connectivity index (χ1v) is 5.78. The Balaban J connectivity index is 2.30. The Kier molecular flexibility index (Phi) is 2.91. The van der Waals surface area contributed by atoms with Crippen molar-refractivity contribution in [3.63, 3.8) is 0 Å². The van der Waals surface area contributed by atoms with Crippen LogP contribution >= 0.6 is 0 Å². The maximum Gasteiger partial charge on any atom is 0.243 e. The SMILES string of the molecule is CCC1(C)NC(c2ccc(F)cc2)N(C)C1=O. The number of benzene rings is 1. The second kappa shape index (κ2) is 4.11. The quantitative estimate of drug-likeness (QED) is 0.852. The second-order valence-electron chi connectivity index (χ2n) is 4.70. The smallest absolute Gasteiger partial charge is 0.243 e. The van der Waals surface area contributed by atoms with Gasteiger partial charge in [0.2, 0.25) is 5.91 Å². The first-order chi connectivity index (χ1) is 7.98. The van der Waals surface area contributed by atoms with Gasteiger partial charge in [-0.3, -0.25) is 10.1 Å². The van der Waals surface area contributed by atoms with E-state index in [2.05, 4.69) is 5.32 Å². The molecule has 0 aromatic heterocycles. The van der Waals surface area contributed by atoms with Crippen LogP contribution in [0.4, 0.5) is 4.39 Å². The predicted molar refractivity (Wildman–Crippen MR) is 63.7 cm³/mol. The zero-order chi connectivity index (χ0) is 12.6. The van der Waals surface area contributed by atoms with Gasteiger partial charge in [-0.05, 0) is 31.0 Å². The van der Waals surface area contributed by atoms with E-state index in [0.29, 0.717) is 0 Å². The lowest BCUT2D eigenvalue weighted by atomic mass is 9.99. The summed E-state index contributed by atoms with van der Waals surface area (Å²) in [4.78, 5) is 13.8. The Morgan fingerprint density at radius 1 is 1.41 bits per heavy atom. The third kappa shape index (κ3) is 1.93. The summed E-state index contributed by atoms with van der Waals surface area (Å²) in [7, 11) is 1.77. The summed E-state index contributed by atoms with van der Waals surface area (Å²) < 4.78 is 12.9. The van der Waals surface area contributed by atoms with Crippen molar-refractivity contribution in [3.8, 4) is 0 Å². The zero-order valence-corrected chi connectivity index (χ0v) is 10.3. The molecule has 1 aromatic rings. The normalized spacial score (nSPS) is 28.8. The molecule has 1 aromatic carbocycles. The molecule has 1 heterocycles. The van der Waals surface area contributed by atoms with E-state index in [4.69, 9.17) is 0 Å². The van der Waals surface area contributed by atoms with Crippen LogP contribution < -0.4 is 5.32 Å². The van der Waals surface area contributed by atoms with Gasteiger partial charge in [0.25, 0.3) is 0 Å². The molecule has 1 saturated heterocycles. The third-order valence-electron chi connectivity index (χ3n) is 3.53. The number of halogens is 1. The van der Waals surface area contributed by atoms with Gasteiger partial charge in [-0.25, -0.2) is 4.39 Å². The third-order valence-corrected chi connectivity index (χ3v) is 3.53. The summed E-state index contributed by atoms with van der Waals surface area (Å²) in [5.41, 5.74) is 0.382. The molecule has 0 bridgehead atoms. The fourth-order valence-corrected chi connectivity index (χ4v) is 2.17. The molecule has 1 amide bonds. The summed E-state index contributed by atoms with van der Waals surface area (Å²) in [6, 6.07) is 6.24. The van der Waals surface area contributed by atoms with Crippen LogP contribution in [0.2, 0.25) is 0 Å². The average molecular weight is 236 g/mol. The Morgan fingerprint density at radius 2 is 2.00 bits per heavy atom. The Hall–Kier alpha value is -1.42. The van der Waals surface area contributed by atoms with Gasteiger partial charge in [0.05, 0.1) is 5.54 Å². The lowest BCUT2D eigenvalue weighted by Gasteiger charge is -2.20. The van der Waals surface area contributed by atoms with E-state index >= 15 is 0 Å². The Labute approximate surface area is 101 Å². The minimum absolute atomic E-state index is 0.0781. The molecule has 92 valence electrons. The summed E-state index contributed by atoms with van der Waals surface area (Å²) >= 11 is 0. The molecule has 0 radical (unpaired) electrons. The maximum atomic E-state index is 12.9. The second-order valence-corrected chi connectivity index (χ2v) is 4.70. The number of hydrogen-bond donors (Lipinski definition) is 1. The van der Waals surface area contributed by atoms with Crippen molar-refractivity contribution in [1.82, 2.24) is 10.2 Å². The minimum Gasteiger partial charge on any atom is -0.324 e. The van der Waals surface area contributed by atoms with Gasteiger partial charge >= 0.3 is 0 Å². The number of nitrogens with zero attached hydrogens (tertiary/aromatic N) is 1. The number of nitrogens with one attached hydrogen (secondary N) is 1. The van der Waals surface area contributed by atoms with Crippen LogP contribution in [-0.4, -0.2) is 23.4 Å². The van der Waals surface area contributed by atoms with E-state index in [1.54, 1.807) is 24.1 Å². The van der Waals surface area contributed by atoms with Crippen molar-refractivity contribution in [2.75, 3.05) is 7.05 Å². The molecule has 0 aliphatic carbocycles. The van der Waals surface area contributed by atoms with E-state index in [9.17, 15) is 9.18 Å². The van der Waals surface area contributed by atoms with Gasteiger partial charge < -0.3 is 4.90 Å². The molecule has 0 saturated carbocycles. The van der Waals surface area contributed by atoms with Crippen LogP contribution in [0.5, 0.6) is 0 Å². The minimum atomic E-state index is -0.520. The average Bonchev–Trinajstić information content (AvgIpc) is 2.56. The molecule has 1 fully saturated rings.